The van der Waals surface area contributed by atoms with Crippen molar-refractivity contribution in [2.24, 2.45) is 0 Å². The van der Waals surface area contributed by atoms with Gasteiger partial charge in [0.2, 0.25) is 0 Å². The summed E-state index contributed by atoms with van der Waals surface area (Å²) < 4.78 is 5.27. The van der Waals surface area contributed by atoms with Crippen LogP contribution in [-0.2, 0) is 6.42 Å². The predicted octanol–water partition coefficient (Wildman–Crippen LogP) is 3.09. The summed E-state index contributed by atoms with van der Waals surface area (Å²) in [6, 6.07) is 6.16. The molecule has 2 aromatic rings. The highest BCUT2D eigenvalue weighted by atomic mass is 35.5. The van der Waals surface area contributed by atoms with Crippen LogP contribution in [0.3, 0.4) is 0 Å². The lowest BCUT2D eigenvalue weighted by Crippen LogP contribution is -2.20. The number of likely N-dealkylation sites (N-methyl/N-ethyl adjacent to an activating group) is 1. The Kier molecular flexibility index (Phi) is 5.51. The number of hydrogen-bond donors (Lipinski definition) is 1. The number of hydrogen-bond acceptors (Lipinski definition) is 2. The van der Waals surface area contributed by atoms with Crippen LogP contribution in [0.4, 0.5) is 0 Å². The third-order valence-corrected chi connectivity index (χ3v) is 3.28. The highest BCUT2D eigenvalue weighted by Crippen LogP contribution is 2.23. The number of aromatic nitrogens is 1. The van der Waals surface area contributed by atoms with E-state index in [4.69, 9.17) is 4.74 Å². The van der Waals surface area contributed by atoms with E-state index in [2.05, 4.69) is 42.2 Å². The zero-order valence-corrected chi connectivity index (χ0v) is 12.0. The first-order valence-corrected chi connectivity index (χ1v) is 6.07. The molecule has 0 bridgehead atoms. The summed E-state index contributed by atoms with van der Waals surface area (Å²) in [6.07, 6.45) is 3.17. The van der Waals surface area contributed by atoms with Crippen molar-refractivity contribution >= 4 is 23.3 Å². The smallest absolute Gasteiger partial charge is 0.119 e. The van der Waals surface area contributed by atoms with Crippen LogP contribution in [0.5, 0.6) is 5.75 Å². The van der Waals surface area contributed by atoms with Gasteiger partial charge in [0.05, 0.1) is 7.11 Å². The Balaban J connectivity index is 0.00000162. The van der Waals surface area contributed by atoms with E-state index in [1.807, 2.05) is 6.07 Å². The molecule has 0 aliphatic carbocycles. The summed E-state index contributed by atoms with van der Waals surface area (Å²) in [6.45, 7) is 4.35. The molecule has 0 atom stereocenters. The molecular formula is C14H21ClN2O. The largest absolute Gasteiger partial charge is 0.497 e. The summed E-state index contributed by atoms with van der Waals surface area (Å²) in [5, 5.41) is 1.27. The Hall–Kier alpha value is -1.19. The van der Waals surface area contributed by atoms with Crippen molar-refractivity contribution in [3.8, 4) is 5.75 Å². The minimum Gasteiger partial charge on any atom is -0.497 e. The van der Waals surface area contributed by atoms with E-state index in [1.165, 1.54) is 16.5 Å². The first-order chi connectivity index (χ1) is 8.24. The van der Waals surface area contributed by atoms with Crippen molar-refractivity contribution in [3.05, 3.63) is 30.0 Å². The third kappa shape index (κ3) is 3.18. The molecule has 2 rings (SSSR count). The van der Waals surface area contributed by atoms with Crippen LogP contribution in [-0.4, -0.2) is 37.1 Å². The second-order valence-electron chi connectivity index (χ2n) is 4.37. The third-order valence-electron chi connectivity index (χ3n) is 3.28. The van der Waals surface area contributed by atoms with E-state index in [-0.39, 0.29) is 12.4 Å². The van der Waals surface area contributed by atoms with Gasteiger partial charge >= 0.3 is 0 Å². The molecule has 0 aliphatic rings. The van der Waals surface area contributed by atoms with Gasteiger partial charge in [-0.25, -0.2) is 0 Å². The number of rotatable bonds is 5. The van der Waals surface area contributed by atoms with Crippen LogP contribution in [0, 0.1) is 0 Å². The normalized spacial score (nSPS) is 10.7. The molecule has 4 heteroatoms. The van der Waals surface area contributed by atoms with Gasteiger partial charge in [-0.15, -0.1) is 12.4 Å². The maximum Gasteiger partial charge on any atom is 0.119 e. The lowest BCUT2D eigenvalue weighted by atomic mass is 10.1. The van der Waals surface area contributed by atoms with Crippen molar-refractivity contribution in [3.63, 3.8) is 0 Å². The highest BCUT2D eigenvalue weighted by molar-refractivity contribution is 5.85. The number of H-pyrrole nitrogens is 1. The van der Waals surface area contributed by atoms with Crippen LogP contribution in [0.2, 0.25) is 0 Å². The number of nitrogens with zero attached hydrogens (tertiary/aromatic N) is 1. The number of benzene rings is 1. The average molecular weight is 269 g/mol. The Morgan fingerprint density at radius 3 is 2.78 bits per heavy atom. The number of ether oxygens (including phenoxy) is 1. The maximum atomic E-state index is 5.27. The van der Waals surface area contributed by atoms with Gasteiger partial charge in [-0.05, 0) is 43.8 Å². The molecule has 100 valence electrons. The van der Waals surface area contributed by atoms with Crippen LogP contribution < -0.4 is 4.74 Å². The van der Waals surface area contributed by atoms with Gasteiger partial charge in [0.25, 0.3) is 0 Å². The fourth-order valence-corrected chi connectivity index (χ4v) is 1.96. The fourth-order valence-electron chi connectivity index (χ4n) is 1.96. The van der Waals surface area contributed by atoms with E-state index in [0.717, 1.165) is 25.3 Å². The van der Waals surface area contributed by atoms with Gasteiger partial charge in [-0.1, -0.05) is 6.92 Å². The van der Waals surface area contributed by atoms with Crippen molar-refractivity contribution in [1.29, 1.82) is 0 Å². The average Bonchev–Trinajstić information content (AvgIpc) is 2.78. The van der Waals surface area contributed by atoms with Crippen molar-refractivity contribution in [2.75, 3.05) is 27.2 Å². The molecular weight excluding hydrogens is 248 g/mol. The molecule has 0 saturated carbocycles. The number of fused-ring (bicyclic) bond motifs is 1. The number of nitrogens with one attached hydrogen (secondary N) is 1. The predicted molar refractivity (Wildman–Crippen MR) is 79.0 cm³/mol. The van der Waals surface area contributed by atoms with Gasteiger partial charge in [-0.2, -0.15) is 0 Å². The molecule has 0 aliphatic heterocycles. The zero-order chi connectivity index (χ0) is 12.3. The number of halogens is 1. The van der Waals surface area contributed by atoms with Gasteiger partial charge in [0.15, 0.2) is 0 Å². The first-order valence-electron chi connectivity index (χ1n) is 6.07. The fraction of sp³-hybridized carbons (Fsp3) is 0.429. The molecule has 18 heavy (non-hydrogen) atoms. The lowest BCUT2D eigenvalue weighted by Gasteiger charge is -2.12. The van der Waals surface area contributed by atoms with Gasteiger partial charge in [0.1, 0.15) is 5.75 Å². The minimum absolute atomic E-state index is 0. The lowest BCUT2D eigenvalue weighted by molar-refractivity contribution is 0.358. The maximum absolute atomic E-state index is 5.27. The molecule has 1 N–H and O–H groups in total. The number of methoxy groups -OCH3 is 1. The van der Waals surface area contributed by atoms with Crippen molar-refractivity contribution in [2.45, 2.75) is 13.3 Å². The second kappa shape index (κ2) is 6.66. The van der Waals surface area contributed by atoms with Crippen molar-refractivity contribution in [1.82, 2.24) is 9.88 Å². The molecule has 0 radical (unpaired) electrons. The molecule has 0 spiro atoms. The van der Waals surface area contributed by atoms with Gasteiger partial charge < -0.3 is 14.6 Å². The standard InChI is InChI=1S/C14H20N2O.ClH/c1-4-16(2)8-7-11-10-15-14-6-5-12(17-3)9-13(11)14;/h5-6,9-10,15H,4,7-8H2,1-3H3;1H. The van der Waals surface area contributed by atoms with E-state index >= 15 is 0 Å². The Morgan fingerprint density at radius 1 is 1.33 bits per heavy atom. The molecule has 1 aromatic heterocycles. The quantitative estimate of drug-likeness (QED) is 0.903. The molecule has 0 fully saturated rings. The highest BCUT2D eigenvalue weighted by Gasteiger charge is 2.05. The summed E-state index contributed by atoms with van der Waals surface area (Å²) in [5.74, 6) is 0.919. The molecule has 0 saturated heterocycles. The van der Waals surface area contributed by atoms with Crippen LogP contribution in [0.1, 0.15) is 12.5 Å². The van der Waals surface area contributed by atoms with Crippen LogP contribution >= 0.6 is 12.4 Å². The monoisotopic (exact) mass is 268 g/mol. The summed E-state index contributed by atoms with van der Waals surface area (Å²) >= 11 is 0. The molecule has 0 unspecified atom stereocenters. The molecule has 0 amide bonds. The van der Waals surface area contributed by atoms with E-state index in [0.29, 0.717) is 0 Å². The van der Waals surface area contributed by atoms with Gasteiger partial charge in [-0.3, -0.25) is 0 Å². The molecule has 1 heterocycles. The number of aromatic amines is 1. The second-order valence-corrected chi connectivity index (χ2v) is 4.37. The van der Waals surface area contributed by atoms with E-state index in [1.54, 1.807) is 7.11 Å². The summed E-state index contributed by atoms with van der Waals surface area (Å²) in [4.78, 5) is 5.63. The minimum atomic E-state index is 0. The topological polar surface area (TPSA) is 28.3 Å². The summed E-state index contributed by atoms with van der Waals surface area (Å²) in [7, 11) is 3.85. The van der Waals surface area contributed by atoms with Crippen molar-refractivity contribution < 1.29 is 4.74 Å². The molecule has 1 aromatic carbocycles. The summed E-state index contributed by atoms with van der Waals surface area (Å²) in [5.41, 5.74) is 2.54. The Bertz CT molecular complexity index is 495. The zero-order valence-electron chi connectivity index (χ0n) is 11.2. The molecule has 3 nitrogen and oxygen atoms in total. The van der Waals surface area contributed by atoms with E-state index < -0.39 is 0 Å². The van der Waals surface area contributed by atoms with Crippen LogP contribution in [0.15, 0.2) is 24.4 Å². The SMILES string of the molecule is CCN(C)CCc1c[nH]c2ccc(OC)cc12.Cl. The van der Waals surface area contributed by atoms with Gasteiger partial charge in [0, 0.05) is 23.6 Å². The Labute approximate surface area is 115 Å². The first kappa shape index (κ1) is 14.9. The van der Waals surface area contributed by atoms with E-state index in [9.17, 15) is 0 Å². The Morgan fingerprint density at radius 2 is 2.11 bits per heavy atom. The van der Waals surface area contributed by atoms with Crippen LogP contribution in [0.25, 0.3) is 10.9 Å².